The van der Waals surface area contributed by atoms with Gasteiger partial charge in [0.05, 0.1) is 4.90 Å². The van der Waals surface area contributed by atoms with Crippen molar-refractivity contribution in [2.45, 2.75) is 31.2 Å². The molecule has 1 aliphatic rings. The molecule has 1 aromatic carbocycles. The summed E-state index contributed by atoms with van der Waals surface area (Å²) in [6.07, 6.45) is 0.396. The minimum Gasteiger partial charge on any atom is -0.337 e. The largest absolute Gasteiger partial charge is 0.337 e. The van der Waals surface area contributed by atoms with E-state index in [1.807, 2.05) is 0 Å². The summed E-state index contributed by atoms with van der Waals surface area (Å²) in [5.74, 6) is 0.669. The summed E-state index contributed by atoms with van der Waals surface area (Å²) in [5.41, 5.74) is 0. The van der Waals surface area contributed by atoms with Crippen LogP contribution in [0.25, 0.3) is 0 Å². The number of hydrogen-bond donors (Lipinski definition) is 0. The first-order valence-electron chi connectivity index (χ1n) is 8.02. The van der Waals surface area contributed by atoms with Crippen LogP contribution in [-0.4, -0.2) is 53.3 Å². The van der Waals surface area contributed by atoms with Gasteiger partial charge in [0.2, 0.25) is 21.8 Å². The number of amides is 1. The molecule has 2 heterocycles. The Balaban J connectivity index is 1.87. The molecule has 0 bridgehead atoms. The average Bonchev–Trinajstić information content (AvgIpc) is 2.89. The van der Waals surface area contributed by atoms with Crippen LogP contribution < -0.4 is 0 Å². The molecule has 8 nitrogen and oxygen atoms in total. The number of benzene rings is 1. The fourth-order valence-corrected chi connectivity index (χ4v) is 4.44. The van der Waals surface area contributed by atoms with Crippen molar-refractivity contribution in [1.82, 2.24) is 19.3 Å². The number of nitrogens with zero attached hydrogens (tertiary/aromatic N) is 4. The molecule has 134 valence electrons. The molecule has 1 amide bonds. The standard InChI is InChI=1S/C16H20N4O4S/c1-12-17-16(24-18-12)15-8-9-19(10-11-20(15)13(2)21)25(22,23)14-6-4-3-5-7-14/h3-7,15H,8-11H2,1-2H3. The van der Waals surface area contributed by atoms with E-state index in [9.17, 15) is 13.2 Å². The molecule has 2 aromatic rings. The van der Waals surface area contributed by atoms with E-state index in [2.05, 4.69) is 10.1 Å². The third-order valence-corrected chi connectivity index (χ3v) is 6.15. The lowest BCUT2D eigenvalue weighted by molar-refractivity contribution is -0.131. The van der Waals surface area contributed by atoms with Gasteiger partial charge in [-0.2, -0.15) is 9.29 Å². The number of sulfonamides is 1. The monoisotopic (exact) mass is 364 g/mol. The topological polar surface area (TPSA) is 96.6 Å². The zero-order chi connectivity index (χ0) is 18.0. The van der Waals surface area contributed by atoms with E-state index in [0.29, 0.717) is 18.1 Å². The fourth-order valence-electron chi connectivity index (χ4n) is 2.97. The predicted molar refractivity (Wildman–Crippen MR) is 89.0 cm³/mol. The zero-order valence-electron chi connectivity index (χ0n) is 14.1. The second kappa shape index (κ2) is 6.93. The van der Waals surface area contributed by atoms with Gasteiger partial charge in [0.15, 0.2) is 5.82 Å². The van der Waals surface area contributed by atoms with Gasteiger partial charge in [-0.15, -0.1) is 0 Å². The van der Waals surface area contributed by atoms with E-state index in [-0.39, 0.29) is 30.4 Å². The molecule has 9 heteroatoms. The summed E-state index contributed by atoms with van der Waals surface area (Å²) in [5, 5.41) is 3.78. The summed E-state index contributed by atoms with van der Waals surface area (Å²) in [6, 6.07) is 7.87. The number of aromatic nitrogens is 2. The molecule has 0 radical (unpaired) electrons. The molecular weight excluding hydrogens is 344 g/mol. The number of carbonyl (C=O) groups excluding carboxylic acids is 1. The van der Waals surface area contributed by atoms with E-state index in [0.717, 1.165) is 0 Å². The van der Waals surface area contributed by atoms with Crippen LogP contribution in [0.5, 0.6) is 0 Å². The SMILES string of the molecule is CC(=O)N1CCN(S(=O)(=O)c2ccccc2)CCC1c1nc(C)no1. The molecule has 0 spiro atoms. The molecule has 1 aromatic heterocycles. The minimum absolute atomic E-state index is 0.153. The van der Waals surface area contributed by atoms with E-state index < -0.39 is 16.1 Å². The third-order valence-electron chi connectivity index (χ3n) is 4.23. The van der Waals surface area contributed by atoms with Gasteiger partial charge in [-0.1, -0.05) is 23.4 Å². The van der Waals surface area contributed by atoms with Gasteiger partial charge in [-0.05, 0) is 25.5 Å². The minimum atomic E-state index is -3.61. The molecule has 0 N–H and O–H groups in total. The molecule has 0 saturated carbocycles. The van der Waals surface area contributed by atoms with Crippen LogP contribution in [0.3, 0.4) is 0 Å². The lowest BCUT2D eigenvalue weighted by atomic mass is 10.2. The molecule has 3 rings (SSSR count). The third kappa shape index (κ3) is 3.57. The molecular formula is C16H20N4O4S. The highest BCUT2D eigenvalue weighted by Crippen LogP contribution is 2.28. The maximum absolute atomic E-state index is 12.8. The van der Waals surface area contributed by atoms with Gasteiger partial charge < -0.3 is 9.42 Å². The Labute approximate surface area is 146 Å². The van der Waals surface area contributed by atoms with E-state index in [4.69, 9.17) is 4.52 Å². The van der Waals surface area contributed by atoms with Gasteiger partial charge in [0.25, 0.3) is 0 Å². The highest BCUT2D eigenvalue weighted by molar-refractivity contribution is 7.89. The van der Waals surface area contributed by atoms with Crippen LogP contribution in [0.2, 0.25) is 0 Å². The lowest BCUT2D eigenvalue weighted by Crippen LogP contribution is -2.37. The zero-order valence-corrected chi connectivity index (χ0v) is 14.9. The summed E-state index contributed by atoms with van der Waals surface area (Å²) < 4.78 is 32.3. The lowest BCUT2D eigenvalue weighted by Gasteiger charge is -2.25. The van der Waals surface area contributed by atoms with Crippen molar-refractivity contribution in [1.29, 1.82) is 0 Å². The maximum atomic E-state index is 12.8. The number of aryl methyl sites for hydroxylation is 1. The first kappa shape index (κ1) is 17.6. The first-order chi connectivity index (χ1) is 11.9. The molecule has 1 unspecified atom stereocenters. The maximum Gasteiger partial charge on any atom is 0.249 e. The van der Waals surface area contributed by atoms with Crippen molar-refractivity contribution in [3.05, 3.63) is 42.0 Å². The Kier molecular flexibility index (Phi) is 4.87. The summed E-state index contributed by atoms with van der Waals surface area (Å²) in [4.78, 5) is 18.1. The number of rotatable bonds is 3. The van der Waals surface area contributed by atoms with E-state index >= 15 is 0 Å². The Morgan fingerprint density at radius 2 is 1.92 bits per heavy atom. The van der Waals surface area contributed by atoms with Crippen LogP contribution in [0.15, 0.2) is 39.8 Å². The number of hydrogen-bond acceptors (Lipinski definition) is 6. The molecule has 25 heavy (non-hydrogen) atoms. The number of carbonyl (C=O) groups is 1. The van der Waals surface area contributed by atoms with Gasteiger partial charge in [0.1, 0.15) is 6.04 Å². The normalized spacial score (nSPS) is 19.6. The van der Waals surface area contributed by atoms with E-state index in [1.165, 1.54) is 11.2 Å². The van der Waals surface area contributed by atoms with Crippen molar-refractivity contribution >= 4 is 15.9 Å². The quantitative estimate of drug-likeness (QED) is 0.816. The molecule has 1 atom stereocenters. The van der Waals surface area contributed by atoms with Crippen LogP contribution >= 0.6 is 0 Å². The second-order valence-electron chi connectivity index (χ2n) is 5.91. The Morgan fingerprint density at radius 1 is 1.20 bits per heavy atom. The summed E-state index contributed by atoms with van der Waals surface area (Å²) in [7, 11) is -3.61. The molecule has 1 saturated heterocycles. The van der Waals surface area contributed by atoms with Crippen LogP contribution in [-0.2, 0) is 14.8 Å². The smallest absolute Gasteiger partial charge is 0.249 e. The summed E-state index contributed by atoms with van der Waals surface area (Å²) >= 11 is 0. The van der Waals surface area contributed by atoms with Crippen LogP contribution in [0.4, 0.5) is 0 Å². The Bertz CT molecular complexity index is 850. The van der Waals surface area contributed by atoms with Gasteiger partial charge in [-0.3, -0.25) is 4.79 Å². The Hall–Kier alpha value is -2.26. The van der Waals surface area contributed by atoms with Gasteiger partial charge >= 0.3 is 0 Å². The van der Waals surface area contributed by atoms with Crippen molar-refractivity contribution in [3.63, 3.8) is 0 Å². The van der Waals surface area contributed by atoms with Crippen LogP contribution in [0, 0.1) is 6.92 Å². The second-order valence-corrected chi connectivity index (χ2v) is 7.85. The molecule has 1 aliphatic heterocycles. The van der Waals surface area contributed by atoms with Crippen molar-refractivity contribution in [2.75, 3.05) is 19.6 Å². The van der Waals surface area contributed by atoms with Crippen molar-refractivity contribution in [3.8, 4) is 0 Å². The molecule has 1 fully saturated rings. The summed E-state index contributed by atoms with van der Waals surface area (Å²) in [6.45, 7) is 3.92. The Morgan fingerprint density at radius 3 is 2.52 bits per heavy atom. The average molecular weight is 364 g/mol. The molecule has 0 aliphatic carbocycles. The predicted octanol–water partition coefficient (Wildman–Crippen LogP) is 1.36. The van der Waals surface area contributed by atoms with Crippen molar-refractivity contribution < 1.29 is 17.7 Å². The van der Waals surface area contributed by atoms with Gasteiger partial charge in [-0.25, -0.2) is 8.42 Å². The fraction of sp³-hybridized carbons (Fsp3) is 0.438. The van der Waals surface area contributed by atoms with E-state index in [1.54, 1.807) is 42.2 Å². The highest BCUT2D eigenvalue weighted by atomic mass is 32.2. The van der Waals surface area contributed by atoms with Gasteiger partial charge in [0, 0.05) is 26.6 Å². The highest BCUT2D eigenvalue weighted by Gasteiger charge is 2.35. The van der Waals surface area contributed by atoms with Crippen molar-refractivity contribution in [2.24, 2.45) is 0 Å². The first-order valence-corrected chi connectivity index (χ1v) is 9.46. The van der Waals surface area contributed by atoms with Crippen LogP contribution in [0.1, 0.15) is 31.1 Å².